The number of anilines is 2. The quantitative estimate of drug-likeness (QED) is 0.511. The van der Waals surface area contributed by atoms with Gasteiger partial charge in [0.15, 0.2) is 0 Å². The molecule has 2 aliphatic carbocycles. The van der Waals surface area contributed by atoms with Crippen LogP contribution in [0.25, 0.3) is 16.6 Å². The lowest BCUT2D eigenvalue weighted by molar-refractivity contribution is 0.399. The maximum atomic E-state index is 6.25. The van der Waals surface area contributed by atoms with E-state index in [9.17, 15) is 0 Å². The monoisotopic (exact) mass is 421 g/mol. The summed E-state index contributed by atoms with van der Waals surface area (Å²) < 4.78 is 7.69. The van der Waals surface area contributed by atoms with Crippen molar-refractivity contribution in [2.24, 2.45) is 0 Å². The van der Waals surface area contributed by atoms with Gasteiger partial charge in [0.1, 0.15) is 17.8 Å². The number of fused-ring (bicyclic) bond motifs is 1. The van der Waals surface area contributed by atoms with Crippen molar-refractivity contribution in [1.82, 2.24) is 25.0 Å². The average molecular weight is 422 g/mol. The highest BCUT2D eigenvalue weighted by Gasteiger charge is 2.28. The maximum Gasteiger partial charge on any atom is 0.225 e. The van der Waals surface area contributed by atoms with Crippen LogP contribution in [0.5, 0.6) is 0 Å². The van der Waals surface area contributed by atoms with Gasteiger partial charge in [-0.2, -0.15) is 0 Å². The highest BCUT2D eigenvalue weighted by Crippen LogP contribution is 2.42. The number of nitrogens with zero attached hydrogens (tertiary/aromatic N) is 4. The highest BCUT2D eigenvalue weighted by molar-refractivity contribution is 5.97. The lowest BCUT2D eigenvalue weighted by atomic mass is 9.91. The summed E-state index contributed by atoms with van der Waals surface area (Å²) in [5.74, 6) is 1.28. The largest absolute Gasteiger partial charge is 0.383 e. The number of nitrogen functional groups attached to an aromatic ring is 1. The Balaban J connectivity index is 1.23. The summed E-state index contributed by atoms with van der Waals surface area (Å²) in [6, 6.07) is 2.96. The van der Waals surface area contributed by atoms with Crippen molar-refractivity contribution in [3.63, 3.8) is 0 Å². The van der Waals surface area contributed by atoms with Crippen molar-refractivity contribution in [3.05, 3.63) is 35.9 Å². The Bertz CT molecular complexity index is 1120. The van der Waals surface area contributed by atoms with Crippen LogP contribution in [0.2, 0.25) is 0 Å². The molecule has 3 aromatic rings. The summed E-state index contributed by atoms with van der Waals surface area (Å²) in [4.78, 5) is 8.78. The van der Waals surface area contributed by atoms with Gasteiger partial charge in [-0.05, 0) is 37.7 Å². The first-order valence-corrected chi connectivity index (χ1v) is 11.1. The summed E-state index contributed by atoms with van der Waals surface area (Å²) in [7, 11) is 0. The first-order valence-electron chi connectivity index (χ1n) is 11.1. The van der Waals surface area contributed by atoms with Gasteiger partial charge < -0.3 is 20.1 Å². The van der Waals surface area contributed by atoms with Gasteiger partial charge in [-0.25, -0.2) is 9.97 Å². The number of nitrogens with two attached hydrogens (primary N) is 1. The molecule has 3 aromatic heterocycles. The second-order valence-corrected chi connectivity index (χ2v) is 9.72. The van der Waals surface area contributed by atoms with E-state index in [4.69, 9.17) is 10.3 Å². The van der Waals surface area contributed by atoms with E-state index in [1.807, 2.05) is 6.07 Å². The summed E-state index contributed by atoms with van der Waals surface area (Å²) >= 11 is 0. The molecule has 0 aliphatic heterocycles. The molecule has 1 saturated carbocycles. The Kier molecular flexibility index (Phi) is 4.97. The zero-order valence-corrected chi connectivity index (χ0v) is 18.5. The molecule has 1 unspecified atom stereocenters. The predicted molar refractivity (Wildman–Crippen MR) is 123 cm³/mol. The number of rotatable bonds is 6. The Morgan fingerprint density at radius 3 is 2.74 bits per heavy atom. The Hall–Kier alpha value is -2.87. The molecule has 4 N–H and O–H groups in total. The zero-order chi connectivity index (χ0) is 21.6. The maximum absolute atomic E-state index is 6.25. The molecule has 0 spiro atoms. The van der Waals surface area contributed by atoms with Crippen molar-refractivity contribution in [1.29, 1.82) is 0 Å². The smallest absolute Gasteiger partial charge is 0.225 e. The van der Waals surface area contributed by atoms with E-state index in [1.54, 1.807) is 6.33 Å². The number of hydrogen-bond donors (Lipinski definition) is 3. The van der Waals surface area contributed by atoms with Crippen molar-refractivity contribution >= 4 is 28.3 Å². The molecular formula is C23H31N7O. The predicted octanol–water partition coefficient (Wildman–Crippen LogP) is 4.23. The van der Waals surface area contributed by atoms with Gasteiger partial charge in [0.2, 0.25) is 5.88 Å². The molecule has 3 heterocycles. The number of aromatic nitrogens is 4. The highest BCUT2D eigenvalue weighted by atomic mass is 16.5. The van der Waals surface area contributed by atoms with E-state index in [0.29, 0.717) is 30.5 Å². The minimum absolute atomic E-state index is 0.0154. The van der Waals surface area contributed by atoms with Gasteiger partial charge in [-0.3, -0.25) is 5.32 Å². The second kappa shape index (κ2) is 7.67. The van der Waals surface area contributed by atoms with E-state index in [2.05, 4.69) is 63.4 Å². The molecule has 164 valence electrons. The van der Waals surface area contributed by atoms with Crippen LogP contribution < -0.4 is 16.4 Å². The molecule has 0 radical (unpaired) electrons. The van der Waals surface area contributed by atoms with Gasteiger partial charge in [0.05, 0.1) is 17.7 Å². The van der Waals surface area contributed by atoms with Crippen LogP contribution in [0.1, 0.15) is 70.2 Å². The van der Waals surface area contributed by atoms with Crippen molar-refractivity contribution in [3.8, 4) is 0 Å². The normalized spacial score (nSPS) is 19.6. The topological polar surface area (TPSA) is 107 Å². The molecule has 5 rings (SSSR count). The molecule has 8 nitrogen and oxygen atoms in total. The third kappa shape index (κ3) is 4.04. The molecular weight excluding hydrogens is 390 g/mol. The summed E-state index contributed by atoms with van der Waals surface area (Å²) in [6.45, 7) is 7.02. The minimum Gasteiger partial charge on any atom is -0.383 e. The molecule has 0 saturated heterocycles. The minimum atomic E-state index is -0.0154. The lowest BCUT2D eigenvalue weighted by Gasteiger charge is -2.23. The van der Waals surface area contributed by atoms with Crippen LogP contribution in [0.15, 0.2) is 29.2 Å². The third-order valence-electron chi connectivity index (χ3n) is 6.27. The van der Waals surface area contributed by atoms with Gasteiger partial charge in [0, 0.05) is 35.3 Å². The van der Waals surface area contributed by atoms with Crippen LogP contribution in [-0.2, 0) is 5.41 Å². The van der Waals surface area contributed by atoms with Crippen molar-refractivity contribution < 1.29 is 4.52 Å². The molecule has 0 amide bonds. The van der Waals surface area contributed by atoms with Gasteiger partial charge in [-0.1, -0.05) is 32.0 Å². The molecule has 8 heteroatoms. The fraction of sp³-hybridized carbons (Fsp3) is 0.522. The Morgan fingerprint density at radius 2 is 2.06 bits per heavy atom. The van der Waals surface area contributed by atoms with Crippen molar-refractivity contribution in [2.45, 2.75) is 70.4 Å². The fourth-order valence-electron chi connectivity index (χ4n) is 4.24. The number of nitrogens with one attached hydrogen (secondary N) is 2. The van der Waals surface area contributed by atoms with Gasteiger partial charge >= 0.3 is 0 Å². The second-order valence-electron chi connectivity index (χ2n) is 9.72. The van der Waals surface area contributed by atoms with Crippen LogP contribution in [0, 0.1) is 0 Å². The van der Waals surface area contributed by atoms with Crippen LogP contribution in [0.4, 0.5) is 11.7 Å². The Morgan fingerprint density at radius 1 is 1.23 bits per heavy atom. The summed E-state index contributed by atoms with van der Waals surface area (Å²) in [6.07, 6.45) is 11.6. The van der Waals surface area contributed by atoms with Crippen LogP contribution in [0.3, 0.4) is 0 Å². The first kappa shape index (κ1) is 20.1. The lowest BCUT2D eigenvalue weighted by Crippen LogP contribution is -2.34. The number of hydrogen-bond acceptors (Lipinski definition) is 7. The van der Waals surface area contributed by atoms with Crippen LogP contribution in [-0.4, -0.2) is 32.4 Å². The van der Waals surface area contributed by atoms with E-state index < -0.39 is 0 Å². The molecule has 0 aromatic carbocycles. The SMILES string of the molecule is CC(C)(C)c1cc(NCNC2CC=C(c3cn(C4CC4)c4ncnc(N)c34)CC2)on1. The molecule has 0 bridgehead atoms. The number of allylic oxidation sites excluding steroid dienone is 1. The van der Waals surface area contributed by atoms with E-state index >= 15 is 0 Å². The van der Waals surface area contributed by atoms with Crippen LogP contribution >= 0.6 is 0 Å². The third-order valence-corrected chi connectivity index (χ3v) is 6.27. The summed E-state index contributed by atoms with van der Waals surface area (Å²) in [5.41, 5.74) is 10.7. The standard InChI is InChI=1S/C23H31N7O/c1-23(2,3)18-10-19(31-29-18)26-12-25-15-6-4-14(5-7-15)17-11-30(16-8-9-16)22-20(17)21(24)27-13-28-22/h4,10-11,13,15-16,25-26H,5-9,12H2,1-3H3,(H2,24,27,28). The van der Waals surface area contributed by atoms with Crippen molar-refractivity contribution in [2.75, 3.05) is 17.7 Å². The van der Waals surface area contributed by atoms with E-state index in [-0.39, 0.29) is 5.41 Å². The zero-order valence-electron chi connectivity index (χ0n) is 18.5. The molecule has 2 aliphatic rings. The van der Waals surface area contributed by atoms with E-state index in [0.717, 1.165) is 36.0 Å². The average Bonchev–Trinajstić information content (AvgIpc) is 3.32. The molecule has 1 atom stereocenters. The first-order chi connectivity index (χ1) is 14.9. The fourth-order valence-corrected chi connectivity index (χ4v) is 4.24. The van der Waals surface area contributed by atoms with E-state index in [1.165, 1.54) is 24.0 Å². The molecule has 1 fully saturated rings. The summed E-state index contributed by atoms with van der Waals surface area (Å²) in [5, 5.41) is 12.0. The van der Waals surface area contributed by atoms with Gasteiger partial charge in [0.25, 0.3) is 0 Å². The molecule has 31 heavy (non-hydrogen) atoms. The Labute approximate surface area is 182 Å². The van der Waals surface area contributed by atoms with Gasteiger partial charge in [-0.15, -0.1) is 0 Å².